The van der Waals surface area contributed by atoms with Crippen molar-refractivity contribution in [1.29, 1.82) is 0 Å². The predicted octanol–water partition coefficient (Wildman–Crippen LogP) is 5.43. The number of allylic oxidation sites excluding steroid dienone is 2. The zero-order valence-electron chi connectivity index (χ0n) is 22.9. The van der Waals surface area contributed by atoms with E-state index in [1.807, 2.05) is 32.0 Å². The Morgan fingerprint density at radius 2 is 2.00 bits per heavy atom. The van der Waals surface area contributed by atoms with Gasteiger partial charge in [0.25, 0.3) is 0 Å². The van der Waals surface area contributed by atoms with Crippen molar-refractivity contribution in [3.63, 3.8) is 0 Å². The quantitative estimate of drug-likeness (QED) is 0.348. The summed E-state index contributed by atoms with van der Waals surface area (Å²) in [5.74, 6) is -1.71. The van der Waals surface area contributed by atoms with Gasteiger partial charge < -0.3 is 20.1 Å². The first-order valence-corrected chi connectivity index (χ1v) is 14.2. The van der Waals surface area contributed by atoms with E-state index in [-0.39, 0.29) is 24.7 Å². The zero-order chi connectivity index (χ0) is 28.0. The van der Waals surface area contributed by atoms with Crippen molar-refractivity contribution in [3.8, 4) is 0 Å². The van der Waals surface area contributed by atoms with Crippen LogP contribution in [0, 0.1) is 17.3 Å². The van der Waals surface area contributed by atoms with Crippen LogP contribution in [-0.2, 0) is 20.9 Å². The number of cyclic esters (lactones) is 1. The second-order valence-electron chi connectivity index (χ2n) is 11.1. The minimum atomic E-state index is -1.28. The third-order valence-corrected chi connectivity index (χ3v) is 8.75. The number of aromatic nitrogens is 1. The van der Waals surface area contributed by atoms with Crippen LogP contribution < -0.4 is 0 Å². The molecule has 0 radical (unpaired) electrons. The van der Waals surface area contributed by atoms with Crippen LogP contribution in [0.15, 0.2) is 42.5 Å². The smallest absolute Gasteiger partial charge is 0.309 e. The minimum Gasteiger partial charge on any atom is -0.457 e. The summed E-state index contributed by atoms with van der Waals surface area (Å²) in [6.45, 7) is 10.8. The first-order chi connectivity index (χ1) is 18.0. The number of nitrogens with zero attached hydrogens (tertiary/aromatic N) is 1. The van der Waals surface area contributed by atoms with Crippen molar-refractivity contribution in [2.75, 3.05) is 0 Å². The summed E-state index contributed by atoms with van der Waals surface area (Å²) in [6.07, 6.45) is 3.78. The number of fused-ring (bicyclic) bond motifs is 1. The molecule has 0 unspecified atom stereocenters. The van der Waals surface area contributed by atoms with E-state index < -0.39 is 35.6 Å². The predicted molar refractivity (Wildman–Crippen MR) is 149 cm³/mol. The Morgan fingerprint density at radius 3 is 2.68 bits per heavy atom. The monoisotopic (exact) mass is 543 g/mol. The topological polar surface area (TPSA) is 117 Å². The molecule has 5 atom stereocenters. The van der Waals surface area contributed by atoms with Gasteiger partial charge in [0.15, 0.2) is 0 Å². The van der Waals surface area contributed by atoms with Crippen LogP contribution >= 0.6 is 11.3 Å². The number of aliphatic hydroxyl groups is 3. The number of aliphatic hydroxyl groups excluding tert-OH is 3. The number of hydrogen-bond donors (Lipinski definition) is 3. The average Bonchev–Trinajstić information content (AvgIpc) is 3.30. The molecule has 8 heteroatoms. The van der Waals surface area contributed by atoms with Crippen molar-refractivity contribution < 1.29 is 29.6 Å². The standard InChI is InChI=1S/C30H41NO6S/c1-6-8-21-28(35)19(3)10-7-9-18(2)11-13-23(37-27(34)16-25(33)30(4,5)29(21)36)20-12-14-24-22(15-20)31-26(17-32)38-24/h6,11-12,14-15,19,21,23,25,28,32-33,35H,1,7-10,13,16-17H2,2-5H3/t19-,21+,23-,25-,28-/m0/s1. The molecular formula is C30H41NO6S. The third kappa shape index (κ3) is 7.17. The van der Waals surface area contributed by atoms with Gasteiger partial charge in [-0.25, -0.2) is 4.98 Å². The molecule has 0 bridgehead atoms. The van der Waals surface area contributed by atoms with Crippen molar-refractivity contribution >= 4 is 33.3 Å². The summed E-state index contributed by atoms with van der Waals surface area (Å²) < 4.78 is 6.82. The second-order valence-corrected chi connectivity index (χ2v) is 12.2. The van der Waals surface area contributed by atoms with Gasteiger partial charge in [-0.15, -0.1) is 17.9 Å². The number of ketones is 1. The normalized spacial score (nSPS) is 28.1. The maximum atomic E-state index is 13.6. The average molecular weight is 544 g/mol. The zero-order valence-corrected chi connectivity index (χ0v) is 23.7. The Kier molecular flexibility index (Phi) is 10.4. The molecule has 7 nitrogen and oxygen atoms in total. The van der Waals surface area contributed by atoms with E-state index in [0.29, 0.717) is 17.8 Å². The molecule has 0 fully saturated rings. The van der Waals surface area contributed by atoms with E-state index in [0.717, 1.165) is 40.6 Å². The highest BCUT2D eigenvalue weighted by Gasteiger charge is 2.43. The molecule has 0 amide bonds. The number of carbonyl (C=O) groups is 2. The molecular weight excluding hydrogens is 502 g/mol. The number of hydrogen-bond acceptors (Lipinski definition) is 8. The highest BCUT2D eigenvalue weighted by molar-refractivity contribution is 7.18. The summed E-state index contributed by atoms with van der Waals surface area (Å²) in [5.41, 5.74) is 1.39. The largest absolute Gasteiger partial charge is 0.457 e. The maximum Gasteiger partial charge on any atom is 0.309 e. The Balaban J connectivity index is 1.93. The van der Waals surface area contributed by atoms with Crippen LogP contribution in [-0.4, -0.2) is 44.3 Å². The fraction of sp³-hybridized carbons (Fsp3) is 0.567. The number of thiazole rings is 1. The minimum absolute atomic E-state index is 0.107. The van der Waals surface area contributed by atoms with Gasteiger partial charge in [-0.05, 0) is 56.2 Å². The Hall–Kier alpha value is -2.39. The SMILES string of the molecule is C=CC[C@H]1C(=O)C(C)(C)[C@@H](O)CC(=O)O[C@H](c2ccc3sc(CO)nc3c2)CC=C(C)CCC[C@H](C)[C@@H]1O. The van der Waals surface area contributed by atoms with Gasteiger partial charge in [0, 0.05) is 12.3 Å². The van der Waals surface area contributed by atoms with E-state index in [9.17, 15) is 24.9 Å². The molecule has 3 rings (SSSR count). The lowest BCUT2D eigenvalue weighted by molar-refractivity contribution is -0.156. The molecule has 0 aliphatic carbocycles. The van der Waals surface area contributed by atoms with Crippen molar-refractivity contribution in [1.82, 2.24) is 4.98 Å². The lowest BCUT2D eigenvalue weighted by atomic mass is 9.71. The van der Waals surface area contributed by atoms with Gasteiger partial charge in [-0.2, -0.15) is 0 Å². The van der Waals surface area contributed by atoms with Crippen LogP contribution in [0.1, 0.15) is 82.9 Å². The highest BCUT2D eigenvalue weighted by atomic mass is 32.1. The lowest BCUT2D eigenvalue weighted by Gasteiger charge is -2.35. The van der Waals surface area contributed by atoms with Crippen LogP contribution in [0.2, 0.25) is 0 Å². The molecule has 2 aromatic rings. The molecule has 1 aliphatic rings. The highest BCUT2D eigenvalue weighted by Crippen LogP contribution is 2.35. The molecule has 3 N–H and O–H groups in total. The number of benzene rings is 1. The van der Waals surface area contributed by atoms with E-state index in [4.69, 9.17) is 4.74 Å². The molecule has 2 heterocycles. The van der Waals surface area contributed by atoms with E-state index in [1.165, 1.54) is 11.3 Å². The Bertz CT molecular complexity index is 1170. The van der Waals surface area contributed by atoms with Gasteiger partial charge in [-0.3, -0.25) is 9.59 Å². The Morgan fingerprint density at radius 1 is 1.26 bits per heavy atom. The summed E-state index contributed by atoms with van der Waals surface area (Å²) in [6, 6.07) is 5.68. The van der Waals surface area contributed by atoms with Gasteiger partial charge in [0.2, 0.25) is 0 Å². The van der Waals surface area contributed by atoms with Crippen LogP contribution in [0.25, 0.3) is 10.2 Å². The first-order valence-electron chi connectivity index (χ1n) is 13.3. The molecule has 38 heavy (non-hydrogen) atoms. The fourth-order valence-corrected chi connectivity index (χ4v) is 5.84. The Labute approximate surface area is 229 Å². The van der Waals surface area contributed by atoms with Gasteiger partial charge in [0.05, 0.1) is 40.9 Å². The maximum absolute atomic E-state index is 13.6. The van der Waals surface area contributed by atoms with E-state index in [1.54, 1.807) is 19.9 Å². The first kappa shape index (κ1) is 30.2. The molecule has 1 aromatic carbocycles. The summed E-state index contributed by atoms with van der Waals surface area (Å²) in [7, 11) is 0. The molecule has 208 valence electrons. The molecule has 0 saturated carbocycles. The number of carbonyl (C=O) groups excluding carboxylic acids is 2. The number of Topliss-reactive ketones (excluding diaryl/α,β-unsaturated/α-hetero) is 1. The van der Waals surface area contributed by atoms with Gasteiger partial charge in [-0.1, -0.05) is 44.6 Å². The summed E-state index contributed by atoms with van der Waals surface area (Å²) in [4.78, 5) is 31.1. The summed E-state index contributed by atoms with van der Waals surface area (Å²) in [5, 5.41) is 32.1. The third-order valence-electron chi connectivity index (χ3n) is 7.73. The molecule has 1 aliphatic heterocycles. The lowest BCUT2D eigenvalue weighted by Crippen LogP contribution is -2.46. The number of rotatable bonds is 4. The number of ether oxygens (including phenoxy) is 1. The van der Waals surface area contributed by atoms with E-state index >= 15 is 0 Å². The van der Waals surface area contributed by atoms with Gasteiger partial charge in [0.1, 0.15) is 16.9 Å². The van der Waals surface area contributed by atoms with E-state index in [2.05, 4.69) is 17.6 Å². The van der Waals surface area contributed by atoms with Crippen LogP contribution in [0.5, 0.6) is 0 Å². The van der Waals surface area contributed by atoms with Gasteiger partial charge >= 0.3 is 5.97 Å². The van der Waals surface area contributed by atoms with Crippen molar-refractivity contribution in [2.24, 2.45) is 17.3 Å². The fourth-order valence-electron chi connectivity index (χ4n) is 5.04. The summed E-state index contributed by atoms with van der Waals surface area (Å²) >= 11 is 1.41. The molecule has 0 saturated heterocycles. The van der Waals surface area contributed by atoms with Crippen molar-refractivity contribution in [3.05, 3.63) is 53.1 Å². The van der Waals surface area contributed by atoms with Crippen LogP contribution in [0.3, 0.4) is 0 Å². The number of esters is 1. The molecule has 1 aromatic heterocycles. The second kappa shape index (κ2) is 13.1. The molecule has 0 spiro atoms. The van der Waals surface area contributed by atoms with Crippen LogP contribution in [0.4, 0.5) is 0 Å². The van der Waals surface area contributed by atoms with Crippen molar-refractivity contribution in [2.45, 2.75) is 91.1 Å².